The van der Waals surface area contributed by atoms with Crippen molar-refractivity contribution >= 4 is 30.5 Å². The summed E-state index contributed by atoms with van der Waals surface area (Å²) in [6.45, 7) is 11.8. The van der Waals surface area contributed by atoms with Crippen LogP contribution in [-0.4, -0.2) is 63.3 Å². The first-order valence-electron chi connectivity index (χ1n) is 13.2. The Morgan fingerprint density at radius 2 is 1.77 bits per heavy atom. The maximum Gasteiger partial charge on any atom is 0.342 e. The smallest absolute Gasteiger partial charge is 0.342 e. The van der Waals surface area contributed by atoms with Crippen LogP contribution in [0.1, 0.15) is 41.5 Å². The van der Waals surface area contributed by atoms with Gasteiger partial charge in [-0.3, -0.25) is 9.36 Å². The van der Waals surface area contributed by atoms with Crippen molar-refractivity contribution in [3.8, 4) is 5.75 Å². The molecule has 3 aromatic rings. The molecule has 0 amide bonds. The van der Waals surface area contributed by atoms with Crippen molar-refractivity contribution in [2.75, 3.05) is 19.2 Å². The first kappa shape index (κ1) is 29.9. The van der Waals surface area contributed by atoms with Crippen LogP contribution in [0.3, 0.4) is 0 Å². The highest BCUT2D eigenvalue weighted by atomic mass is 31.2. The number of imidazole rings is 1. The Bertz CT molecular complexity index is 1360. The Morgan fingerprint density at radius 3 is 2.42 bits per heavy atom. The molecule has 1 saturated carbocycles. The standard InChI is InChI=1S/C27H39N6O6P/c1-17(13-33-15-31-20-21(28)29-14-30-22(20)33)37-16-40(35,39-19-11-9-8-10-12-19)32-18(2)23(34)38-25-26(3,4)24(36-7)27(25,5)6/h8-12,14-15,17-18,24-25H,13,16H2,1-7H3,(H,32,35)(H2,28,29,30)/t17-,18+,24?,25?,40?/m1/s1. The lowest BCUT2D eigenvalue weighted by molar-refractivity contribution is -0.268. The maximum atomic E-state index is 14.0. The van der Waals surface area contributed by atoms with Gasteiger partial charge in [-0.15, -0.1) is 0 Å². The summed E-state index contributed by atoms with van der Waals surface area (Å²) in [4.78, 5) is 25.6. The van der Waals surface area contributed by atoms with Crippen molar-refractivity contribution in [2.24, 2.45) is 10.8 Å². The zero-order chi connectivity index (χ0) is 29.3. The number of carbonyl (C=O) groups excluding carboxylic acids is 1. The van der Waals surface area contributed by atoms with Gasteiger partial charge in [-0.2, -0.15) is 0 Å². The van der Waals surface area contributed by atoms with E-state index in [1.165, 1.54) is 6.33 Å². The average Bonchev–Trinajstić information content (AvgIpc) is 3.30. The number of para-hydroxylation sites is 1. The lowest BCUT2D eigenvalue weighted by Crippen LogP contribution is -2.69. The third kappa shape index (κ3) is 6.00. The van der Waals surface area contributed by atoms with Crippen molar-refractivity contribution in [1.29, 1.82) is 0 Å². The number of nitrogens with one attached hydrogen (secondary N) is 1. The molecule has 1 aliphatic rings. The molecule has 0 spiro atoms. The number of ether oxygens (including phenoxy) is 3. The molecule has 40 heavy (non-hydrogen) atoms. The molecule has 218 valence electrons. The number of carbonyl (C=O) groups is 1. The summed E-state index contributed by atoms with van der Waals surface area (Å²) in [6.07, 6.45) is 1.82. The minimum atomic E-state index is -3.74. The van der Waals surface area contributed by atoms with Crippen LogP contribution in [-0.2, 0) is 30.1 Å². The van der Waals surface area contributed by atoms with E-state index in [-0.39, 0.29) is 35.2 Å². The summed E-state index contributed by atoms with van der Waals surface area (Å²) in [7, 11) is -2.08. The van der Waals surface area contributed by atoms with Crippen LogP contribution in [0.5, 0.6) is 5.75 Å². The third-order valence-electron chi connectivity index (χ3n) is 7.33. The molecular weight excluding hydrogens is 535 g/mol. The Hall–Kier alpha value is -3.05. The summed E-state index contributed by atoms with van der Waals surface area (Å²) in [5, 5.41) is 2.87. The lowest BCUT2D eigenvalue weighted by Gasteiger charge is -2.61. The van der Waals surface area contributed by atoms with E-state index < -0.39 is 25.6 Å². The van der Waals surface area contributed by atoms with Crippen molar-refractivity contribution < 1.29 is 28.1 Å². The topological polar surface area (TPSA) is 153 Å². The number of aromatic nitrogens is 4. The van der Waals surface area contributed by atoms with Gasteiger partial charge < -0.3 is 29.0 Å². The van der Waals surface area contributed by atoms with Gasteiger partial charge in [-0.05, 0) is 26.0 Å². The second-order valence-electron chi connectivity index (χ2n) is 11.4. The quantitative estimate of drug-likeness (QED) is 0.238. The third-order valence-corrected chi connectivity index (χ3v) is 9.10. The van der Waals surface area contributed by atoms with E-state index in [1.54, 1.807) is 49.2 Å². The molecule has 4 rings (SSSR count). The Labute approximate surface area is 234 Å². The normalized spacial score (nSPS) is 22.6. The number of hydrogen-bond donors (Lipinski definition) is 2. The fourth-order valence-corrected chi connectivity index (χ4v) is 7.69. The molecule has 1 aliphatic carbocycles. The molecule has 12 nitrogen and oxygen atoms in total. The predicted molar refractivity (Wildman–Crippen MR) is 151 cm³/mol. The fourth-order valence-electron chi connectivity index (χ4n) is 5.90. The van der Waals surface area contributed by atoms with Gasteiger partial charge >= 0.3 is 13.5 Å². The Balaban J connectivity index is 1.44. The van der Waals surface area contributed by atoms with E-state index in [1.807, 2.05) is 40.7 Å². The van der Waals surface area contributed by atoms with Crippen LogP contribution >= 0.6 is 7.52 Å². The van der Waals surface area contributed by atoms with Gasteiger partial charge in [0.05, 0.1) is 25.1 Å². The largest absolute Gasteiger partial charge is 0.460 e. The number of nitrogens with zero attached hydrogens (tertiary/aromatic N) is 4. The molecule has 0 aliphatic heterocycles. The molecule has 1 aromatic carbocycles. The lowest BCUT2D eigenvalue weighted by atomic mass is 9.51. The van der Waals surface area contributed by atoms with Crippen LogP contribution in [0.2, 0.25) is 0 Å². The van der Waals surface area contributed by atoms with Crippen LogP contribution in [0.25, 0.3) is 11.2 Å². The molecule has 2 aromatic heterocycles. The van der Waals surface area contributed by atoms with Crippen LogP contribution in [0, 0.1) is 10.8 Å². The number of nitrogen functional groups attached to an aromatic ring is 1. The van der Waals surface area contributed by atoms with Gasteiger partial charge in [0.25, 0.3) is 0 Å². The van der Waals surface area contributed by atoms with Crippen LogP contribution < -0.4 is 15.3 Å². The highest BCUT2D eigenvalue weighted by Gasteiger charge is 2.64. The SMILES string of the molecule is COC1C(C)(C)C(OC(=O)[C@H](C)NP(=O)(CO[C@H](C)Cn2cnc3c(N)ncnc32)Oc2ccccc2)C1(C)C. The van der Waals surface area contributed by atoms with E-state index >= 15 is 0 Å². The van der Waals surface area contributed by atoms with E-state index in [4.69, 9.17) is 24.5 Å². The molecule has 0 bridgehead atoms. The summed E-state index contributed by atoms with van der Waals surface area (Å²) < 4.78 is 39.3. The van der Waals surface area contributed by atoms with Crippen molar-refractivity contribution in [2.45, 2.75) is 72.4 Å². The number of anilines is 1. The van der Waals surface area contributed by atoms with E-state index in [2.05, 4.69) is 20.0 Å². The first-order chi connectivity index (χ1) is 18.8. The van der Waals surface area contributed by atoms with E-state index in [0.29, 0.717) is 23.5 Å². The predicted octanol–water partition coefficient (Wildman–Crippen LogP) is 4.01. The van der Waals surface area contributed by atoms with E-state index in [0.717, 1.165) is 0 Å². The second kappa shape index (κ2) is 11.4. The summed E-state index contributed by atoms with van der Waals surface area (Å²) in [6, 6.07) is 7.81. The average molecular weight is 575 g/mol. The highest BCUT2D eigenvalue weighted by molar-refractivity contribution is 7.57. The maximum absolute atomic E-state index is 14.0. The van der Waals surface area contributed by atoms with Crippen molar-refractivity contribution in [3.63, 3.8) is 0 Å². The molecular formula is C27H39N6O6P. The molecule has 1 unspecified atom stereocenters. The minimum Gasteiger partial charge on any atom is -0.460 e. The molecule has 13 heteroatoms. The zero-order valence-corrected chi connectivity index (χ0v) is 24.9. The van der Waals surface area contributed by atoms with E-state index in [9.17, 15) is 9.36 Å². The number of rotatable bonds is 12. The molecule has 3 atom stereocenters. The van der Waals surface area contributed by atoms with Crippen molar-refractivity contribution in [3.05, 3.63) is 43.0 Å². The number of nitrogens with two attached hydrogens (primary N) is 1. The van der Waals surface area contributed by atoms with Gasteiger partial charge in [0.1, 0.15) is 36.1 Å². The minimum absolute atomic E-state index is 0.0704. The van der Waals surface area contributed by atoms with Gasteiger partial charge in [0.15, 0.2) is 11.5 Å². The number of hydrogen-bond acceptors (Lipinski definition) is 10. The van der Waals surface area contributed by atoms with Gasteiger partial charge in [-0.25, -0.2) is 20.0 Å². The van der Waals surface area contributed by atoms with Crippen LogP contribution in [0.4, 0.5) is 5.82 Å². The fraction of sp³-hybridized carbons (Fsp3) is 0.556. The zero-order valence-electron chi connectivity index (χ0n) is 24.0. The number of fused-ring (bicyclic) bond motifs is 1. The molecule has 3 N–H and O–H groups in total. The first-order valence-corrected chi connectivity index (χ1v) is 15.0. The highest BCUT2D eigenvalue weighted by Crippen LogP contribution is 2.57. The summed E-state index contributed by atoms with van der Waals surface area (Å²) in [5.74, 6) is 0.134. The Kier molecular flexibility index (Phi) is 8.56. The van der Waals surface area contributed by atoms with Crippen molar-refractivity contribution in [1.82, 2.24) is 24.6 Å². The molecule has 0 radical (unpaired) electrons. The summed E-state index contributed by atoms with van der Waals surface area (Å²) in [5.41, 5.74) is 6.20. The second-order valence-corrected chi connectivity index (χ2v) is 13.5. The van der Waals surface area contributed by atoms with Crippen LogP contribution in [0.15, 0.2) is 43.0 Å². The molecule has 0 saturated heterocycles. The summed E-state index contributed by atoms with van der Waals surface area (Å²) >= 11 is 0. The molecule has 2 heterocycles. The van der Waals surface area contributed by atoms with Gasteiger partial charge in [-0.1, -0.05) is 45.9 Å². The number of methoxy groups -OCH3 is 1. The monoisotopic (exact) mass is 574 g/mol. The Morgan fingerprint density at radius 1 is 1.10 bits per heavy atom. The van der Waals surface area contributed by atoms with Gasteiger partial charge in [0.2, 0.25) is 0 Å². The molecule has 1 fully saturated rings. The number of benzene rings is 1. The number of esters is 1. The van der Waals surface area contributed by atoms with Gasteiger partial charge in [0, 0.05) is 17.9 Å².